The van der Waals surface area contributed by atoms with Crippen LogP contribution in [0.3, 0.4) is 0 Å². The first-order valence-corrected chi connectivity index (χ1v) is 6.96. The van der Waals surface area contributed by atoms with Crippen molar-refractivity contribution in [2.45, 2.75) is 38.6 Å². The second-order valence-electron chi connectivity index (χ2n) is 5.27. The van der Waals surface area contributed by atoms with Crippen LogP contribution in [0.1, 0.15) is 32.6 Å². The van der Waals surface area contributed by atoms with Crippen LogP contribution in [0, 0.1) is 0 Å². The first-order valence-electron chi connectivity index (χ1n) is 6.96. The maximum absolute atomic E-state index is 12.5. The zero-order chi connectivity index (χ0) is 13.8. The lowest BCUT2D eigenvalue weighted by atomic mass is 10.1. The monoisotopic (exact) mass is 266 g/mol. The highest BCUT2D eigenvalue weighted by atomic mass is 16.2. The third kappa shape index (κ3) is 3.32. The largest absolute Gasteiger partial charge is 0.333 e. The first kappa shape index (κ1) is 14.0. The van der Waals surface area contributed by atoms with Crippen molar-refractivity contribution in [1.29, 1.82) is 0 Å². The number of carbonyl (C=O) groups excluding carboxylic acids is 2. The van der Waals surface area contributed by atoms with Crippen LogP contribution in [0.5, 0.6) is 0 Å². The van der Waals surface area contributed by atoms with Crippen molar-refractivity contribution in [2.24, 2.45) is 5.10 Å². The first-order chi connectivity index (χ1) is 9.11. The summed E-state index contributed by atoms with van der Waals surface area (Å²) in [4.78, 5) is 27.8. The molecule has 106 valence electrons. The number of carbonyl (C=O) groups is 2. The Hall–Kier alpha value is -1.43. The minimum Gasteiger partial charge on any atom is -0.333 e. The zero-order valence-corrected chi connectivity index (χ0v) is 11.7. The Labute approximate surface area is 113 Å². The Morgan fingerprint density at radius 2 is 2.21 bits per heavy atom. The van der Waals surface area contributed by atoms with Gasteiger partial charge in [-0.1, -0.05) is 6.92 Å². The molecule has 2 heterocycles. The van der Waals surface area contributed by atoms with Crippen LogP contribution in [0.2, 0.25) is 0 Å². The van der Waals surface area contributed by atoms with Gasteiger partial charge in [0.2, 0.25) is 5.91 Å². The Bertz CT molecular complexity index is 394. The second kappa shape index (κ2) is 6.14. The number of hydrazone groups is 1. The van der Waals surface area contributed by atoms with Gasteiger partial charge in [-0.15, -0.1) is 0 Å². The van der Waals surface area contributed by atoms with Crippen LogP contribution < -0.4 is 5.43 Å². The van der Waals surface area contributed by atoms with Crippen molar-refractivity contribution in [3.8, 4) is 0 Å². The highest BCUT2D eigenvalue weighted by Crippen LogP contribution is 2.14. The molecule has 2 rings (SSSR count). The van der Waals surface area contributed by atoms with Crippen molar-refractivity contribution < 1.29 is 9.59 Å². The molecule has 0 aliphatic carbocycles. The highest BCUT2D eigenvalue weighted by Gasteiger charge is 2.30. The smallest absolute Gasteiger partial charge is 0.270 e. The molecule has 1 N–H and O–H groups in total. The van der Waals surface area contributed by atoms with E-state index in [4.69, 9.17) is 0 Å². The van der Waals surface area contributed by atoms with E-state index in [0.717, 1.165) is 32.5 Å². The number of hydrogen-bond acceptors (Lipinski definition) is 4. The maximum atomic E-state index is 12.5. The molecule has 0 radical (unpaired) electrons. The van der Waals surface area contributed by atoms with Gasteiger partial charge in [0, 0.05) is 32.0 Å². The Morgan fingerprint density at radius 3 is 2.84 bits per heavy atom. The van der Waals surface area contributed by atoms with Gasteiger partial charge in [-0.2, -0.15) is 5.10 Å². The summed E-state index contributed by atoms with van der Waals surface area (Å²) < 4.78 is 0. The molecule has 6 nitrogen and oxygen atoms in total. The summed E-state index contributed by atoms with van der Waals surface area (Å²) in [5.41, 5.74) is 2.89. The van der Waals surface area contributed by atoms with Crippen molar-refractivity contribution in [1.82, 2.24) is 15.2 Å². The molecule has 1 fully saturated rings. The van der Waals surface area contributed by atoms with Crippen molar-refractivity contribution in [2.75, 3.05) is 26.7 Å². The molecule has 0 aromatic heterocycles. The molecule has 2 aliphatic heterocycles. The fraction of sp³-hybridized carbons (Fsp3) is 0.769. The lowest BCUT2D eigenvalue weighted by Gasteiger charge is -2.31. The lowest BCUT2D eigenvalue weighted by molar-refractivity contribution is -0.126. The van der Waals surface area contributed by atoms with Gasteiger partial charge in [0.15, 0.2) is 0 Å². The Balaban J connectivity index is 2.09. The average Bonchev–Trinajstić information content (AvgIpc) is 2.60. The third-order valence-electron chi connectivity index (χ3n) is 3.79. The molecular weight excluding hydrogens is 244 g/mol. The van der Waals surface area contributed by atoms with Gasteiger partial charge in [-0.25, -0.2) is 5.43 Å². The number of rotatable bonds is 2. The van der Waals surface area contributed by atoms with Gasteiger partial charge < -0.3 is 9.80 Å². The topological polar surface area (TPSA) is 65.0 Å². The van der Waals surface area contributed by atoms with E-state index in [0.29, 0.717) is 18.6 Å². The summed E-state index contributed by atoms with van der Waals surface area (Å²) in [5.74, 6) is -0.124. The number of nitrogens with zero attached hydrogens (tertiary/aromatic N) is 3. The molecule has 19 heavy (non-hydrogen) atoms. The van der Waals surface area contributed by atoms with Crippen molar-refractivity contribution >= 4 is 17.5 Å². The van der Waals surface area contributed by atoms with Crippen LogP contribution in [-0.4, -0.2) is 60.0 Å². The summed E-state index contributed by atoms with van der Waals surface area (Å²) in [6, 6.07) is 0.236. The van der Waals surface area contributed by atoms with Gasteiger partial charge in [0.1, 0.15) is 5.71 Å². The van der Waals surface area contributed by atoms with Gasteiger partial charge in [0.25, 0.3) is 5.91 Å². The fourth-order valence-electron chi connectivity index (χ4n) is 2.65. The summed E-state index contributed by atoms with van der Waals surface area (Å²) in [5, 5.41) is 3.92. The molecule has 2 amide bonds. The van der Waals surface area contributed by atoms with Crippen LogP contribution in [-0.2, 0) is 9.59 Å². The molecule has 1 saturated heterocycles. The average molecular weight is 266 g/mol. The molecule has 6 heteroatoms. The van der Waals surface area contributed by atoms with Gasteiger partial charge in [-0.05, 0) is 26.4 Å². The van der Waals surface area contributed by atoms with E-state index in [-0.39, 0.29) is 17.9 Å². The molecular formula is C13H22N4O2. The standard InChI is InChI=1S/C13H22N4O2/c1-3-10-9-16(2)7-4-8-17(10)13(19)11-5-6-12(18)15-14-11/h10H,3-9H2,1-2H3,(H,15,18). The van der Waals surface area contributed by atoms with Crippen LogP contribution in [0.4, 0.5) is 0 Å². The number of nitrogens with one attached hydrogen (secondary N) is 1. The summed E-state index contributed by atoms with van der Waals surface area (Å²) in [6.45, 7) is 4.80. The Kier molecular flexibility index (Phi) is 4.52. The van der Waals surface area contributed by atoms with E-state index in [9.17, 15) is 9.59 Å². The molecule has 0 aromatic carbocycles. The number of hydrogen-bond donors (Lipinski definition) is 1. The summed E-state index contributed by atoms with van der Waals surface area (Å²) >= 11 is 0. The third-order valence-corrected chi connectivity index (χ3v) is 3.79. The highest BCUT2D eigenvalue weighted by molar-refractivity contribution is 6.39. The van der Waals surface area contributed by atoms with Crippen LogP contribution >= 0.6 is 0 Å². The summed E-state index contributed by atoms with van der Waals surface area (Å²) in [6.07, 6.45) is 2.73. The minimum absolute atomic E-state index is 0.0119. The SMILES string of the molecule is CCC1CN(C)CCCN1C(=O)C1=NNC(=O)CC1. The minimum atomic E-state index is -0.112. The molecule has 0 aromatic rings. The van der Waals surface area contributed by atoms with E-state index in [1.165, 1.54) is 0 Å². The van der Waals surface area contributed by atoms with E-state index < -0.39 is 0 Å². The predicted octanol–water partition coefficient (Wildman–Crippen LogP) is 0.195. The predicted molar refractivity (Wildman–Crippen MR) is 72.7 cm³/mol. The van der Waals surface area contributed by atoms with E-state index in [2.05, 4.69) is 29.4 Å². The van der Waals surface area contributed by atoms with Gasteiger partial charge >= 0.3 is 0 Å². The van der Waals surface area contributed by atoms with Crippen LogP contribution in [0.25, 0.3) is 0 Å². The number of likely N-dealkylation sites (N-methyl/N-ethyl adjacent to an activating group) is 1. The molecule has 2 aliphatic rings. The fourth-order valence-corrected chi connectivity index (χ4v) is 2.65. The van der Waals surface area contributed by atoms with E-state index in [1.807, 2.05) is 4.90 Å². The zero-order valence-electron chi connectivity index (χ0n) is 11.7. The molecule has 0 bridgehead atoms. The molecule has 1 unspecified atom stereocenters. The van der Waals surface area contributed by atoms with Crippen molar-refractivity contribution in [3.05, 3.63) is 0 Å². The Morgan fingerprint density at radius 1 is 1.42 bits per heavy atom. The molecule has 1 atom stereocenters. The number of amides is 2. The molecule has 0 saturated carbocycles. The van der Waals surface area contributed by atoms with Crippen LogP contribution in [0.15, 0.2) is 5.10 Å². The van der Waals surface area contributed by atoms with Gasteiger partial charge in [0.05, 0.1) is 0 Å². The summed E-state index contributed by atoms with van der Waals surface area (Å²) in [7, 11) is 2.09. The molecule has 0 spiro atoms. The van der Waals surface area contributed by atoms with Gasteiger partial charge in [-0.3, -0.25) is 9.59 Å². The van der Waals surface area contributed by atoms with E-state index >= 15 is 0 Å². The van der Waals surface area contributed by atoms with E-state index in [1.54, 1.807) is 0 Å². The lowest BCUT2D eigenvalue weighted by Crippen LogP contribution is -2.47. The normalized spacial score (nSPS) is 25.6. The van der Waals surface area contributed by atoms with Crippen molar-refractivity contribution in [3.63, 3.8) is 0 Å². The second-order valence-corrected chi connectivity index (χ2v) is 5.27. The maximum Gasteiger partial charge on any atom is 0.270 e. The quantitative estimate of drug-likeness (QED) is 0.776.